The molecule has 0 aliphatic carbocycles. The van der Waals surface area contributed by atoms with Crippen LogP contribution in [0, 0.1) is 11.7 Å². The van der Waals surface area contributed by atoms with Crippen LogP contribution >= 0.6 is 15.9 Å². The Kier molecular flexibility index (Phi) is 6.57. The van der Waals surface area contributed by atoms with Crippen molar-refractivity contribution in [1.82, 2.24) is 10.0 Å². The highest BCUT2D eigenvalue weighted by Gasteiger charge is 2.22. The SMILES string of the molecule is CCC(C)CNS(=O)(=O)c1cc(Br)cc(CNC)c1F. The van der Waals surface area contributed by atoms with Crippen LogP contribution in [0.15, 0.2) is 21.5 Å². The zero-order valence-corrected chi connectivity index (χ0v) is 14.2. The lowest BCUT2D eigenvalue weighted by molar-refractivity contribution is 0.518. The van der Waals surface area contributed by atoms with Gasteiger partial charge in [-0.3, -0.25) is 0 Å². The Labute approximate surface area is 128 Å². The Morgan fingerprint density at radius 3 is 2.60 bits per heavy atom. The molecule has 1 rings (SSSR count). The number of sulfonamides is 1. The first-order chi connectivity index (χ1) is 9.31. The van der Waals surface area contributed by atoms with Gasteiger partial charge in [0.2, 0.25) is 10.0 Å². The van der Waals surface area contributed by atoms with E-state index in [1.807, 2.05) is 13.8 Å². The second kappa shape index (κ2) is 7.49. The highest BCUT2D eigenvalue weighted by Crippen LogP contribution is 2.24. The molecule has 2 N–H and O–H groups in total. The molecule has 0 saturated carbocycles. The summed E-state index contributed by atoms with van der Waals surface area (Å²) >= 11 is 3.22. The Balaban J connectivity index is 3.11. The molecule has 4 nitrogen and oxygen atoms in total. The molecule has 0 saturated heterocycles. The summed E-state index contributed by atoms with van der Waals surface area (Å²) in [4.78, 5) is -0.319. The quantitative estimate of drug-likeness (QED) is 0.779. The van der Waals surface area contributed by atoms with Gasteiger partial charge >= 0.3 is 0 Å². The minimum Gasteiger partial charge on any atom is -0.316 e. The molecule has 0 aliphatic rings. The summed E-state index contributed by atoms with van der Waals surface area (Å²) in [6.07, 6.45) is 0.856. The third-order valence-corrected chi connectivity index (χ3v) is 4.94. The van der Waals surface area contributed by atoms with E-state index in [0.717, 1.165) is 6.42 Å². The van der Waals surface area contributed by atoms with Gasteiger partial charge in [0.05, 0.1) is 0 Å². The molecule has 114 valence electrons. The molecule has 0 radical (unpaired) electrons. The van der Waals surface area contributed by atoms with Gasteiger partial charge in [-0.2, -0.15) is 0 Å². The van der Waals surface area contributed by atoms with Crippen LogP contribution < -0.4 is 10.0 Å². The van der Waals surface area contributed by atoms with Gasteiger partial charge < -0.3 is 5.32 Å². The Morgan fingerprint density at radius 2 is 2.05 bits per heavy atom. The summed E-state index contributed by atoms with van der Waals surface area (Å²) in [5, 5.41) is 2.81. The molecule has 20 heavy (non-hydrogen) atoms. The van der Waals surface area contributed by atoms with E-state index in [-0.39, 0.29) is 17.4 Å². The van der Waals surface area contributed by atoms with E-state index in [1.165, 1.54) is 6.07 Å². The predicted octanol–water partition coefficient (Wildman–Crippen LogP) is 2.63. The highest BCUT2D eigenvalue weighted by molar-refractivity contribution is 9.10. The number of halogens is 2. The van der Waals surface area contributed by atoms with Crippen LogP contribution in [0.1, 0.15) is 25.8 Å². The molecular formula is C13H20BrFN2O2S. The maximum absolute atomic E-state index is 14.3. The van der Waals surface area contributed by atoms with E-state index < -0.39 is 15.8 Å². The monoisotopic (exact) mass is 366 g/mol. The Bertz CT molecular complexity index is 564. The van der Waals surface area contributed by atoms with Crippen molar-refractivity contribution < 1.29 is 12.8 Å². The van der Waals surface area contributed by atoms with Gasteiger partial charge in [0.1, 0.15) is 10.7 Å². The van der Waals surface area contributed by atoms with Crippen molar-refractivity contribution in [1.29, 1.82) is 0 Å². The number of hydrogen-bond acceptors (Lipinski definition) is 3. The van der Waals surface area contributed by atoms with Gasteiger partial charge in [-0.25, -0.2) is 17.5 Å². The van der Waals surface area contributed by atoms with Crippen LogP contribution in [0.4, 0.5) is 4.39 Å². The van der Waals surface area contributed by atoms with E-state index in [0.29, 0.717) is 16.6 Å². The summed E-state index contributed by atoms with van der Waals surface area (Å²) in [6.45, 7) is 4.47. The topological polar surface area (TPSA) is 58.2 Å². The zero-order valence-electron chi connectivity index (χ0n) is 11.8. The van der Waals surface area contributed by atoms with Gasteiger partial charge in [0.15, 0.2) is 0 Å². The normalized spacial score (nSPS) is 13.4. The van der Waals surface area contributed by atoms with Crippen molar-refractivity contribution >= 4 is 26.0 Å². The van der Waals surface area contributed by atoms with Crippen LogP contribution in [-0.4, -0.2) is 22.0 Å². The molecule has 0 amide bonds. The molecule has 0 aromatic heterocycles. The van der Waals surface area contributed by atoms with Crippen molar-refractivity contribution in [3.8, 4) is 0 Å². The summed E-state index contributed by atoms with van der Waals surface area (Å²) < 4.78 is 41.6. The van der Waals surface area contributed by atoms with Crippen molar-refractivity contribution in [2.24, 2.45) is 5.92 Å². The second-order valence-corrected chi connectivity index (χ2v) is 7.42. The molecule has 0 aliphatic heterocycles. The lowest BCUT2D eigenvalue weighted by Crippen LogP contribution is -2.29. The molecule has 0 heterocycles. The summed E-state index contributed by atoms with van der Waals surface area (Å²) in [6, 6.07) is 2.85. The molecule has 1 atom stereocenters. The first kappa shape index (κ1) is 17.6. The maximum atomic E-state index is 14.3. The first-order valence-corrected chi connectivity index (χ1v) is 8.71. The smallest absolute Gasteiger partial charge is 0.243 e. The lowest BCUT2D eigenvalue weighted by atomic mass is 10.1. The molecule has 0 bridgehead atoms. The maximum Gasteiger partial charge on any atom is 0.243 e. The minimum atomic E-state index is -3.84. The van der Waals surface area contributed by atoms with Gasteiger partial charge in [0.25, 0.3) is 0 Å². The zero-order chi connectivity index (χ0) is 15.3. The molecule has 7 heteroatoms. The summed E-state index contributed by atoms with van der Waals surface area (Å²) in [5.74, 6) is -0.504. The number of nitrogens with one attached hydrogen (secondary N) is 2. The van der Waals surface area contributed by atoms with E-state index in [1.54, 1.807) is 13.1 Å². The second-order valence-electron chi connectivity index (χ2n) is 4.77. The first-order valence-electron chi connectivity index (χ1n) is 6.44. The van der Waals surface area contributed by atoms with Crippen LogP contribution in [0.5, 0.6) is 0 Å². The highest BCUT2D eigenvalue weighted by atomic mass is 79.9. The van der Waals surface area contributed by atoms with E-state index >= 15 is 0 Å². The van der Waals surface area contributed by atoms with Crippen molar-refractivity contribution in [2.75, 3.05) is 13.6 Å². The summed E-state index contributed by atoms with van der Waals surface area (Å²) in [5.41, 5.74) is 0.311. The van der Waals surface area contributed by atoms with Crippen LogP contribution in [0.3, 0.4) is 0 Å². The fraction of sp³-hybridized carbons (Fsp3) is 0.538. The largest absolute Gasteiger partial charge is 0.316 e. The van der Waals surface area contributed by atoms with E-state index in [4.69, 9.17) is 0 Å². The molecule has 0 fully saturated rings. The molecule has 1 aromatic carbocycles. The minimum absolute atomic E-state index is 0.205. The standard InChI is InChI=1S/C13H20BrFN2O2S/c1-4-9(2)7-17-20(18,19)12-6-11(14)5-10(8-16-3)13(12)15/h5-6,9,16-17H,4,7-8H2,1-3H3. The van der Waals surface area contributed by atoms with Gasteiger partial charge in [0, 0.05) is 23.1 Å². The van der Waals surface area contributed by atoms with Gasteiger partial charge in [-0.05, 0) is 25.1 Å². The number of rotatable bonds is 7. The average Bonchev–Trinajstić information content (AvgIpc) is 2.40. The molecule has 1 unspecified atom stereocenters. The third-order valence-electron chi connectivity index (χ3n) is 3.05. The van der Waals surface area contributed by atoms with Gasteiger partial charge in [-0.15, -0.1) is 0 Å². The fourth-order valence-electron chi connectivity index (χ4n) is 1.61. The predicted molar refractivity (Wildman–Crippen MR) is 81.5 cm³/mol. The summed E-state index contributed by atoms with van der Waals surface area (Å²) in [7, 11) is -2.17. The number of benzene rings is 1. The lowest BCUT2D eigenvalue weighted by Gasteiger charge is -2.13. The van der Waals surface area contributed by atoms with Crippen molar-refractivity contribution in [2.45, 2.75) is 31.7 Å². The fourth-order valence-corrected chi connectivity index (χ4v) is 3.57. The number of hydrogen-bond donors (Lipinski definition) is 2. The van der Waals surface area contributed by atoms with E-state index in [9.17, 15) is 12.8 Å². The van der Waals surface area contributed by atoms with Crippen LogP contribution in [0.2, 0.25) is 0 Å². The Morgan fingerprint density at radius 1 is 1.40 bits per heavy atom. The molecule has 0 spiro atoms. The van der Waals surface area contributed by atoms with Crippen molar-refractivity contribution in [3.63, 3.8) is 0 Å². The van der Waals surface area contributed by atoms with Crippen LogP contribution in [-0.2, 0) is 16.6 Å². The van der Waals surface area contributed by atoms with Crippen molar-refractivity contribution in [3.05, 3.63) is 28.0 Å². The molecule has 1 aromatic rings. The average molecular weight is 367 g/mol. The third kappa shape index (κ3) is 4.51. The van der Waals surface area contributed by atoms with E-state index in [2.05, 4.69) is 26.0 Å². The van der Waals surface area contributed by atoms with Gasteiger partial charge in [-0.1, -0.05) is 36.2 Å². The Hall–Kier alpha value is -0.500. The van der Waals surface area contributed by atoms with Crippen LogP contribution in [0.25, 0.3) is 0 Å². The molecular weight excluding hydrogens is 347 g/mol.